The van der Waals surface area contributed by atoms with Crippen molar-refractivity contribution in [2.24, 2.45) is 0 Å². The van der Waals surface area contributed by atoms with E-state index < -0.39 is 0 Å². The molecule has 21 heavy (non-hydrogen) atoms. The first kappa shape index (κ1) is 14.3. The van der Waals surface area contributed by atoms with Crippen molar-refractivity contribution in [1.29, 1.82) is 0 Å². The van der Waals surface area contributed by atoms with Gasteiger partial charge >= 0.3 is 0 Å². The second-order valence-corrected chi connectivity index (χ2v) is 6.00. The minimum atomic E-state index is 0.225. The number of benzene rings is 1. The fourth-order valence-electron chi connectivity index (χ4n) is 3.38. The molecule has 1 atom stereocenters. The van der Waals surface area contributed by atoms with E-state index in [0.717, 1.165) is 18.2 Å². The molecule has 1 heterocycles. The van der Waals surface area contributed by atoms with Crippen LogP contribution in [0.4, 0.5) is 0 Å². The van der Waals surface area contributed by atoms with Crippen molar-refractivity contribution in [2.75, 3.05) is 7.05 Å². The molecule has 1 fully saturated rings. The van der Waals surface area contributed by atoms with Gasteiger partial charge in [0.05, 0.1) is 17.4 Å². The Morgan fingerprint density at radius 2 is 2.10 bits per heavy atom. The van der Waals surface area contributed by atoms with Crippen molar-refractivity contribution in [3.05, 3.63) is 52.8 Å². The molecule has 1 aromatic carbocycles. The second kappa shape index (κ2) is 6.02. The van der Waals surface area contributed by atoms with E-state index in [0.29, 0.717) is 0 Å². The highest BCUT2D eigenvalue weighted by atomic mass is 15.3. The summed E-state index contributed by atoms with van der Waals surface area (Å²) >= 11 is 0. The average Bonchev–Trinajstić information content (AvgIpc) is 2.81. The fourth-order valence-corrected chi connectivity index (χ4v) is 3.38. The van der Waals surface area contributed by atoms with E-state index in [1.807, 2.05) is 7.05 Å². The molecule has 1 N–H and O–H groups in total. The van der Waals surface area contributed by atoms with Crippen LogP contribution in [0.25, 0.3) is 0 Å². The smallest absolute Gasteiger partial charge is 0.0748 e. The van der Waals surface area contributed by atoms with Crippen molar-refractivity contribution in [1.82, 2.24) is 15.1 Å². The van der Waals surface area contributed by atoms with Gasteiger partial charge < -0.3 is 5.32 Å². The largest absolute Gasteiger partial charge is 0.308 e. The van der Waals surface area contributed by atoms with Crippen LogP contribution < -0.4 is 5.32 Å². The molecule has 1 aromatic heterocycles. The van der Waals surface area contributed by atoms with Gasteiger partial charge in [-0.25, -0.2) is 0 Å². The van der Waals surface area contributed by atoms with Gasteiger partial charge in [0, 0.05) is 6.54 Å². The lowest BCUT2D eigenvalue weighted by atomic mass is 9.77. The van der Waals surface area contributed by atoms with Gasteiger partial charge in [-0.2, -0.15) is 5.10 Å². The van der Waals surface area contributed by atoms with Gasteiger partial charge in [-0.05, 0) is 56.8 Å². The molecule has 0 bridgehead atoms. The monoisotopic (exact) mass is 283 g/mol. The average molecular weight is 283 g/mol. The summed E-state index contributed by atoms with van der Waals surface area (Å²) < 4.78 is 2.12. The Bertz CT molecular complexity index is 611. The fraction of sp³-hybridized carbons (Fsp3) is 0.500. The minimum absolute atomic E-state index is 0.225. The molecular weight excluding hydrogens is 258 g/mol. The summed E-state index contributed by atoms with van der Waals surface area (Å²) in [6, 6.07) is 11.3. The van der Waals surface area contributed by atoms with Crippen LogP contribution in [0.3, 0.4) is 0 Å². The van der Waals surface area contributed by atoms with E-state index in [1.165, 1.54) is 36.1 Å². The normalized spacial score (nSPS) is 16.7. The quantitative estimate of drug-likeness (QED) is 0.905. The predicted molar refractivity (Wildman–Crippen MR) is 86.6 cm³/mol. The second-order valence-electron chi connectivity index (χ2n) is 6.00. The number of nitrogens with one attached hydrogen (secondary N) is 1. The molecule has 1 aliphatic rings. The summed E-state index contributed by atoms with van der Waals surface area (Å²) in [7, 11) is 2.05. The topological polar surface area (TPSA) is 29.9 Å². The summed E-state index contributed by atoms with van der Waals surface area (Å²) in [6.45, 7) is 5.13. The number of aromatic nitrogens is 2. The molecular formula is C18H25N3. The van der Waals surface area contributed by atoms with Crippen LogP contribution in [0, 0.1) is 6.92 Å². The molecule has 2 aromatic rings. The number of aryl methyl sites for hydroxylation is 2. The van der Waals surface area contributed by atoms with Gasteiger partial charge in [-0.15, -0.1) is 0 Å². The molecule has 0 aliphatic heterocycles. The third kappa shape index (κ3) is 2.62. The Balaban J connectivity index is 2.03. The van der Waals surface area contributed by atoms with Crippen molar-refractivity contribution >= 4 is 0 Å². The Morgan fingerprint density at radius 3 is 2.71 bits per heavy atom. The van der Waals surface area contributed by atoms with Gasteiger partial charge in [0.15, 0.2) is 0 Å². The van der Waals surface area contributed by atoms with Crippen LogP contribution in [-0.2, 0) is 6.54 Å². The lowest BCUT2D eigenvalue weighted by molar-refractivity contribution is 0.414. The number of hydrogen-bond donors (Lipinski definition) is 1. The molecule has 3 nitrogen and oxygen atoms in total. The van der Waals surface area contributed by atoms with Crippen LogP contribution in [0.15, 0.2) is 30.3 Å². The van der Waals surface area contributed by atoms with Crippen molar-refractivity contribution in [2.45, 2.75) is 51.6 Å². The van der Waals surface area contributed by atoms with Crippen LogP contribution in [-0.4, -0.2) is 16.8 Å². The summed E-state index contributed by atoms with van der Waals surface area (Å²) in [4.78, 5) is 0. The first-order valence-electron chi connectivity index (χ1n) is 8.05. The van der Waals surface area contributed by atoms with Crippen molar-refractivity contribution in [3.63, 3.8) is 0 Å². The van der Waals surface area contributed by atoms with Crippen LogP contribution in [0.1, 0.15) is 60.7 Å². The molecule has 3 heteroatoms. The highest BCUT2D eigenvalue weighted by Crippen LogP contribution is 2.40. The Hall–Kier alpha value is -1.61. The highest BCUT2D eigenvalue weighted by molar-refractivity contribution is 5.38. The maximum Gasteiger partial charge on any atom is 0.0748 e. The van der Waals surface area contributed by atoms with Crippen LogP contribution in [0.5, 0.6) is 0 Å². The summed E-state index contributed by atoms with van der Waals surface area (Å²) in [5, 5.41) is 8.11. The molecule has 3 rings (SSSR count). The van der Waals surface area contributed by atoms with Crippen LogP contribution >= 0.6 is 0 Å². The number of hydrogen-bond acceptors (Lipinski definition) is 2. The molecule has 1 saturated carbocycles. The molecule has 112 valence electrons. The predicted octanol–water partition coefficient (Wildman–Crippen LogP) is 3.79. The first-order chi connectivity index (χ1) is 10.2. The first-order valence-corrected chi connectivity index (χ1v) is 8.05. The molecule has 0 saturated heterocycles. The number of nitrogens with zero attached hydrogens (tertiary/aromatic N) is 2. The van der Waals surface area contributed by atoms with E-state index in [2.05, 4.69) is 59.3 Å². The summed E-state index contributed by atoms with van der Waals surface area (Å²) in [5.74, 6) is 0.746. The zero-order valence-electron chi connectivity index (χ0n) is 13.3. The van der Waals surface area contributed by atoms with Gasteiger partial charge in [0.2, 0.25) is 0 Å². The lowest BCUT2D eigenvalue weighted by Gasteiger charge is -2.30. The zero-order chi connectivity index (χ0) is 14.8. The zero-order valence-corrected chi connectivity index (χ0v) is 13.3. The van der Waals surface area contributed by atoms with Crippen molar-refractivity contribution < 1.29 is 0 Å². The molecule has 0 radical (unpaired) electrons. The third-order valence-electron chi connectivity index (χ3n) is 4.67. The van der Waals surface area contributed by atoms with Gasteiger partial charge in [-0.3, -0.25) is 4.68 Å². The van der Waals surface area contributed by atoms with Gasteiger partial charge in [-0.1, -0.05) is 30.7 Å². The maximum atomic E-state index is 4.61. The maximum absolute atomic E-state index is 4.61. The Kier molecular flexibility index (Phi) is 4.11. The third-order valence-corrected chi connectivity index (χ3v) is 4.67. The van der Waals surface area contributed by atoms with Gasteiger partial charge in [0.25, 0.3) is 0 Å². The van der Waals surface area contributed by atoms with E-state index in [1.54, 1.807) is 0 Å². The Labute approximate surface area is 127 Å². The summed E-state index contributed by atoms with van der Waals surface area (Å²) in [6.07, 6.45) is 4.04. The standard InChI is InChI=1S/C18H25N3/c1-4-21-17(12-13(2)20-21)18(19-3)16-11-6-5-10-15(16)14-8-7-9-14/h5-6,10-12,14,18-19H,4,7-9H2,1-3H3. The Morgan fingerprint density at radius 1 is 1.33 bits per heavy atom. The minimum Gasteiger partial charge on any atom is -0.308 e. The lowest BCUT2D eigenvalue weighted by Crippen LogP contribution is -2.24. The van der Waals surface area contributed by atoms with E-state index in [4.69, 9.17) is 0 Å². The summed E-state index contributed by atoms with van der Waals surface area (Å²) in [5.41, 5.74) is 5.29. The molecule has 1 unspecified atom stereocenters. The van der Waals surface area contributed by atoms with E-state index >= 15 is 0 Å². The SMILES string of the molecule is CCn1nc(C)cc1C(NC)c1ccccc1C1CCC1. The van der Waals surface area contributed by atoms with Crippen LogP contribution in [0.2, 0.25) is 0 Å². The van der Waals surface area contributed by atoms with E-state index in [9.17, 15) is 0 Å². The number of rotatable bonds is 5. The molecule has 1 aliphatic carbocycles. The highest BCUT2D eigenvalue weighted by Gasteiger charge is 2.26. The van der Waals surface area contributed by atoms with E-state index in [-0.39, 0.29) is 6.04 Å². The molecule has 0 amide bonds. The van der Waals surface area contributed by atoms with Gasteiger partial charge in [0.1, 0.15) is 0 Å². The van der Waals surface area contributed by atoms with Crippen molar-refractivity contribution in [3.8, 4) is 0 Å². The molecule has 0 spiro atoms.